The van der Waals surface area contributed by atoms with Gasteiger partial charge in [0.25, 0.3) is 0 Å². The second-order valence-electron chi connectivity index (χ2n) is 5.22. The van der Waals surface area contributed by atoms with Crippen LogP contribution in [0.25, 0.3) is 5.57 Å². The van der Waals surface area contributed by atoms with Crippen LogP contribution in [0, 0.1) is 12.8 Å². The van der Waals surface area contributed by atoms with Gasteiger partial charge < -0.3 is 5.11 Å². The summed E-state index contributed by atoms with van der Waals surface area (Å²) in [5.74, 6) is 1.65. The average Bonchev–Trinajstić information content (AvgIpc) is 2.21. The number of benzene rings is 1. The number of allylic oxidation sites excluding steroid dienone is 1. The van der Waals surface area contributed by atoms with Gasteiger partial charge in [-0.15, -0.1) is 0 Å². The number of hydrogen-bond donors (Lipinski definition) is 1. The van der Waals surface area contributed by atoms with Crippen LogP contribution in [0.3, 0.4) is 0 Å². The first-order valence-electron chi connectivity index (χ1n) is 6.02. The molecule has 0 heterocycles. The maximum atomic E-state index is 9.78. The highest BCUT2D eigenvalue weighted by molar-refractivity contribution is 5.71. The fraction of sp³-hybridized carbons (Fsp3) is 0.467. The van der Waals surface area contributed by atoms with Gasteiger partial charge in [-0.1, -0.05) is 26.5 Å². The molecule has 1 aromatic carbocycles. The van der Waals surface area contributed by atoms with Crippen molar-refractivity contribution in [3.63, 3.8) is 0 Å². The van der Waals surface area contributed by atoms with Crippen molar-refractivity contribution < 1.29 is 5.11 Å². The number of aryl methyl sites for hydroxylation is 1. The Morgan fingerprint density at radius 2 is 2.06 bits per heavy atom. The van der Waals surface area contributed by atoms with E-state index >= 15 is 0 Å². The number of hydrogen-bond acceptors (Lipinski definition) is 1. The van der Waals surface area contributed by atoms with E-state index in [-0.39, 0.29) is 0 Å². The predicted molar refractivity (Wildman–Crippen MR) is 68.7 cm³/mol. The maximum Gasteiger partial charge on any atom is 0.119 e. The monoisotopic (exact) mass is 216 g/mol. The molecule has 0 aliphatic heterocycles. The van der Waals surface area contributed by atoms with Crippen molar-refractivity contribution >= 4 is 5.57 Å². The SMILES string of the molecule is C=C1CC[C@@H](C(C)C)c2cc(C)c(O)cc21. The Labute approximate surface area is 97.8 Å². The second-order valence-corrected chi connectivity index (χ2v) is 5.22. The quantitative estimate of drug-likeness (QED) is 0.744. The normalized spacial score (nSPS) is 20.0. The molecule has 0 saturated heterocycles. The molecule has 1 aromatic rings. The van der Waals surface area contributed by atoms with Crippen LogP contribution >= 0.6 is 0 Å². The zero-order valence-corrected chi connectivity index (χ0v) is 10.4. The largest absolute Gasteiger partial charge is 0.508 e. The Kier molecular flexibility index (Phi) is 2.79. The Morgan fingerprint density at radius 1 is 1.38 bits per heavy atom. The molecule has 1 aliphatic rings. The van der Waals surface area contributed by atoms with Crippen LogP contribution in [0.4, 0.5) is 0 Å². The molecular weight excluding hydrogens is 196 g/mol. The van der Waals surface area contributed by atoms with Gasteiger partial charge in [-0.25, -0.2) is 0 Å². The molecule has 1 atom stereocenters. The summed E-state index contributed by atoms with van der Waals surface area (Å²) in [5, 5.41) is 9.78. The highest BCUT2D eigenvalue weighted by Crippen LogP contribution is 2.43. The minimum atomic E-state index is 0.393. The molecule has 1 nitrogen and oxygen atoms in total. The zero-order chi connectivity index (χ0) is 11.9. The van der Waals surface area contributed by atoms with Crippen LogP contribution in [0.2, 0.25) is 0 Å². The lowest BCUT2D eigenvalue weighted by molar-refractivity contribution is 0.454. The third-order valence-corrected chi connectivity index (χ3v) is 3.71. The molecule has 0 spiro atoms. The summed E-state index contributed by atoms with van der Waals surface area (Å²) in [6.07, 6.45) is 2.24. The van der Waals surface area contributed by atoms with Gasteiger partial charge >= 0.3 is 0 Å². The Hall–Kier alpha value is -1.24. The molecule has 1 N–H and O–H groups in total. The smallest absolute Gasteiger partial charge is 0.119 e. The Bertz CT molecular complexity index is 429. The molecule has 0 fully saturated rings. The van der Waals surface area contributed by atoms with Gasteiger partial charge in [0.05, 0.1) is 0 Å². The van der Waals surface area contributed by atoms with Crippen molar-refractivity contribution in [1.82, 2.24) is 0 Å². The number of rotatable bonds is 1. The lowest BCUT2D eigenvalue weighted by Gasteiger charge is -2.30. The fourth-order valence-corrected chi connectivity index (χ4v) is 2.64. The lowest BCUT2D eigenvalue weighted by atomic mass is 9.75. The summed E-state index contributed by atoms with van der Waals surface area (Å²) in [7, 11) is 0. The summed E-state index contributed by atoms with van der Waals surface area (Å²) in [5.41, 5.74) is 4.69. The summed E-state index contributed by atoms with van der Waals surface area (Å²) in [6.45, 7) is 10.6. The van der Waals surface area contributed by atoms with Crippen molar-refractivity contribution in [2.75, 3.05) is 0 Å². The summed E-state index contributed by atoms with van der Waals surface area (Å²) < 4.78 is 0. The molecule has 86 valence electrons. The molecule has 0 radical (unpaired) electrons. The first-order chi connectivity index (χ1) is 7.50. The van der Waals surface area contributed by atoms with Gasteiger partial charge in [-0.3, -0.25) is 0 Å². The fourth-order valence-electron chi connectivity index (χ4n) is 2.64. The van der Waals surface area contributed by atoms with E-state index in [4.69, 9.17) is 0 Å². The minimum Gasteiger partial charge on any atom is -0.508 e. The Balaban J connectivity index is 2.57. The highest BCUT2D eigenvalue weighted by Gasteiger charge is 2.25. The summed E-state index contributed by atoms with van der Waals surface area (Å²) in [6, 6.07) is 4.03. The topological polar surface area (TPSA) is 20.2 Å². The molecule has 0 bridgehead atoms. The van der Waals surface area contributed by atoms with Crippen LogP contribution < -0.4 is 0 Å². The van der Waals surface area contributed by atoms with E-state index in [0.29, 0.717) is 17.6 Å². The van der Waals surface area contributed by atoms with Crippen LogP contribution in [-0.4, -0.2) is 5.11 Å². The van der Waals surface area contributed by atoms with Crippen molar-refractivity contribution in [3.05, 3.63) is 35.4 Å². The summed E-state index contributed by atoms with van der Waals surface area (Å²) in [4.78, 5) is 0. The van der Waals surface area contributed by atoms with Gasteiger partial charge in [-0.2, -0.15) is 0 Å². The molecule has 0 aromatic heterocycles. The van der Waals surface area contributed by atoms with Gasteiger partial charge in [0.2, 0.25) is 0 Å². The van der Waals surface area contributed by atoms with Crippen molar-refractivity contribution in [1.29, 1.82) is 0 Å². The van der Waals surface area contributed by atoms with Crippen molar-refractivity contribution in [3.8, 4) is 5.75 Å². The number of aromatic hydroxyl groups is 1. The molecule has 0 amide bonds. The van der Waals surface area contributed by atoms with Gasteiger partial charge in [0, 0.05) is 0 Å². The molecule has 1 heteroatoms. The first kappa shape index (κ1) is 11.3. The van der Waals surface area contributed by atoms with Crippen LogP contribution in [-0.2, 0) is 0 Å². The van der Waals surface area contributed by atoms with E-state index in [0.717, 1.165) is 12.0 Å². The van der Waals surface area contributed by atoms with Gasteiger partial charge in [0.15, 0.2) is 0 Å². The maximum absolute atomic E-state index is 9.78. The zero-order valence-electron chi connectivity index (χ0n) is 10.4. The highest BCUT2D eigenvalue weighted by atomic mass is 16.3. The molecule has 1 aliphatic carbocycles. The van der Waals surface area contributed by atoms with E-state index in [9.17, 15) is 5.11 Å². The molecule has 0 saturated carbocycles. The van der Waals surface area contributed by atoms with Crippen molar-refractivity contribution in [2.24, 2.45) is 5.92 Å². The third-order valence-electron chi connectivity index (χ3n) is 3.71. The number of phenols is 1. The van der Waals surface area contributed by atoms with Crippen LogP contribution in [0.15, 0.2) is 18.7 Å². The van der Waals surface area contributed by atoms with E-state index in [1.807, 2.05) is 13.0 Å². The van der Waals surface area contributed by atoms with Crippen LogP contribution in [0.1, 0.15) is 49.3 Å². The third kappa shape index (κ3) is 1.75. The van der Waals surface area contributed by atoms with Gasteiger partial charge in [-0.05, 0) is 59.9 Å². The van der Waals surface area contributed by atoms with Crippen molar-refractivity contribution in [2.45, 2.75) is 39.5 Å². The Morgan fingerprint density at radius 3 is 2.69 bits per heavy atom. The van der Waals surface area contributed by atoms with E-state index < -0.39 is 0 Å². The molecular formula is C15H20O. The van der Waals surface area contributed by atoms with Gasteiger partial charge in [0.1, 0.15) is 5.75 Å². The van der Waals surface area contributed by atoms with Crippen LogP contribution in [0.5, 0.6) is 5.75 Å². The summed E-state index contributed by atoms with van der Waals surface area (Å²) >= 11 is 0. The van der Waals surface area contributed by atoms with E-state index in [1.165, 1.54) is 23.1 Å². The lowest BCUT2D eigenvalue weighted by Crippen LogP contribution is -2.14. The number of fused-ring (bicyclic) bond motifs is 1. The molecule has 16 heavy (non-hydrogen) atoms. The van der Waals surface area contributed by atoms with E-state index in [1.54, 1.807) is 0 Å². The standard InChI is InChI=1S/C15H20O/c1-9(2)12-6-5-10(3)13-8-15(16)11(4)7-14(12)13/h7-9,12,16H,3,5-6H2,1-2,4H3/t12-/m0/s1. The number of phenolic OH excluding ortho intramolecular Hbond substituents is 1. The molecule has 2 rings (SSSR count). The average molecular weight is 216 g/mol. The first-order valence-corrected chi connectivity index (χ1v) is 6.02. The predicted octanol–water partition coefficient (Wildman–Crippen LogP) is 4.25. The van der Waals surface area contributed by atoms with E-state index in [2.05, 4.69) is 26.5 Å². The minimum absolute atomic E-state index is 0.393. The molecule has 0 unspecified atom stereocenters. The second kappa shape index (κ2) is 3.97.